The van der Waals surface area contributed by atoms with Crippen LogP contribution in [0.5, 0.6) is 0 Å². The van der Waals surface area contributed by atoms with Gasteiger partial charge in [-0.2, -0.15) is 4.31 Å². The zero-order chi connectivity index (χ0) is 23.4. The predicted octanol–water partition coefficient (Wildman–Crippen LogP) is 3.24. The van der Waals surface area contributed by atoms with Crippen molar-refractivity contribution >= 4 is 27.5 Å². The van der Waals surface area contributed by atoms with Crippen molar-refractivity contribution in [2.24, 2.45) is 0 Å². The standard InChI is InChI=1S/C24H37N3O4S/c1-4-19-13-11-12-16-21(19)27-22(28)17-26(32(30,31)5-2)18-24(27,3)23(29)25-20-14-9-7-6-8-10-15-20/h11-13,16,20H,4-10,14-15,17-18H2,1-3H3,(H,25,29)/t24-/m1/s1. The van der Waals surface area contributed by atoms with Gasteiger partial charge in [0.2, 0.25) is 21.8 Å². The minimum absolute atomic E-state index is 0.0501. The maximum Gasteiger partial charge on any atom is 0.247 e. The molecule has 2 amide bonds. The number of hydrogen-bond acceptors (Lipinski definition) is 4. The fourth-order valence-electron chi connectivity index (χ4n) is 4.89. The second kappa shape index (κ2) is 10.3. The van der Waals surface area contributed by atoms with E-state index < -0.39 is 15.6 Å². The molecule has 1 aromatic rings. The number of rotatable bonds is 6. The number of hydrogen-bond donors (Lipinski definition) is 1. The average Bonchev–Trinajstić information content (AvgIpc) is 2.75. The molecule has 1 heterocycles. The van der Waals surface area contributed by atoms with Gasteiger partial charge in [0.25, 0.3) is 0 Å². The molecule has 0 spiro atoms. The van der Waals surface area contributed by atoms with Crippen molar-refractivity contribution in [2.45, 2.75) is 83.7 Å². The molecule has 2 fully saturated rings. The fourth-order valence-corrected chi connectivity index (χ4v) is 6.01. The van der Waals surface area contributed by atoms with Crippen molar-refractivity contribution in [3.63, 3.8) is 0 Å². The molecular weight excluding hydrogens is 426 g/mol. The summed E-state index contributed by atoms with van der Waals surface area (Å²) < 4.78 is 26.5. The average molecular weight is 464 g/mol. The Morgan fingerprint density at radius 2 is 1.72 bits per heavy atom. The molecule has 1 aliphatic heterocycles. The highest BCUT2D eigenvalue weighted by molar-refractivity contribution is 7.89. The van der Waals surface area contributed by atoms with Crippen molar-refractivity contribution in [1.29, 1.82) is 0 Å². The maximum absolute atomic E-state index is 13.7. The van der Waals surface area contributed by atoms with Crippen molar-refractivity contribution < 1.29 is 18.0 Å². The van der Waals surface area contributed by atoms with E-state index in [0.29, 0.717) is 12.1 Å². The number of carbonyl (C=O) groups is 2. The van der Waals surface area contributed by atoms with E-state index in [1.54, 1.807) is 18.7 Å². The third-order valence-electron chi connectivity index (χ3n) is 6.84. The molecule has 1 saturated heterocycles. The Morgan fingerprint density at radius 1 is 1.09 bits per heavy atom. The highest BCUT2D eigenvalue weighted by Gasteiger charge is 2.51. The van der Waals surface area contributed by atoms with E-state index in [4.69, 9.17) is 0 Å². The summed E-state index contributed by atoms with van der Waals surface area (Å²) in [5.41, 5.74) is 0.312. The molecule has 1 aliphatic carbocycles. The number of para-hydroxylation sites is 1. The van der Waals surface area contributed by atoms with E-state index in [1.165, 1.54) is 23.6 Å². The van der Waals surface area contributed by atoms with E-state index in [2.05, 4.69) is 5.32 Å². The van der Waals surface area contributed by atoms with Gasteiger partial charge in [-0.05, 0) is 44.7 Å². The zero-order valence-electron chi connectivity index (χ0n) is 19.6. The number of sulfonamides is 1. The second-order valence-corrected chi connectivity index (χ2v) is 11.4. The highest BCUT2D eigenvalue weighted by atomic mass is 32.2. The molecule has 0 bridgehead atoms. The van der Waals surface area contributed by atoms with E-state index in [0.717, 1.165) is 31.2 Å². The quantitative estimate of drug-likeness (QED) is 0.702. The lowest BCUT2D eigenvalue weighted by atomic mass is 9.91. The smallest absolute Gasteiger partial charge is 0.247 e. The van der Waals surface area contributed by atoms with Gasteiger partial charge in [0.15, 0.2) is 0 Å². The molecule has 0 unspecified atom stereocenters. The number of amides is 2. The van der Waals surface area contributed by atoms with Crippen molar-refractivity contribution in [3.8, 4) is 0 Å². The first kappa shape index (κ1) is 24.7. The van der Waals surface area contributed by atoms with Crippen LogP contribution >= 0.6 is 0 Å². The van der Waals surface area contributed by atoms with Crippen LogP contribution in [0.1, 0.15) is 71.3 Å². The molecule has 32 heavy (non-hydrogen) atoms. The highest BCUT2D eigenvalue weighted by Crippen LogP contribution is 2.33. The number of nitrogens with one attached hydrogen (secondary N) is 1. The lowest BCUT2D eigenvalue weighted by Gasteiger charge is -2.47. The molecule has 1 aromatic carbocycles. The molecule has 7 nitrogen and oxygen atoms in total. The second-order valence-electron chi connectivity index (χ2n) is 9.17. The van der Waals surface area contributed by atoms with Crippen LogP contribution in [0.2, 0.25) is 0 Å². The van der Waals surface area contributed by atoms with Crippen molar-refractivity contribution in [3.05, 3.63) is 29.8 Å². The lowest BCUT2D eigenvalue weighted by molar-refractivity contribution is -0.133. The SMILES string of the molecule is CCc1ccccc1N1C(=O)CN(S(=O)(=O)CC)C[C@]1(C)C(=O)NC1CCCCCCC1. The largest absolute Gasteiger partial charge is 0.351 e. The van der Waals surface area contributed by atoms with Crippen LogP contribution in [0.25, 0.3) is 0 Å². The molecule has 0 radical (unpaired) electrons. The van der Waals surface area contributed by atoms with Gasteiger partial charge in [-0.25, -0.2) is 8.42 Å². The van der Waals surface area contributed by atoms with E-state index >= 15 is 0 Å². The number of piperazine rings is 1. The summed E-state index contributed by atoms with van der Waals surface area (Å²) in [6.45, 7) is 4.97. The summed E-state index contributed by atoms with van der Waals surface area (Å²) in [5, 5.41) is 3.19. The molecule has 178 valence electrons. The maximum atomic E-state index is 13.7. The molecule has 0 aromatic heterocycles. The Hall–Kier alpha value is -1.93. The summed E-state index contributed by atoms with van der Waals surface area (Å²) in [6.07, 6.45) is 8.24. The summed E-state index contributed by atoms with van der Waals surface area (Å²) in [6, 6.07) is 7.62. The number of aryl methyl sites for hydroxylation is 1. The monoisotopic (exact) mass is 463 g/mol. The first-order valence-corrected chi connectivity index (χ1v) is 13.5. The first-order valence-electron chi connectivity index (χ1n) is 11.9. The van der Waals surface area contributed by atoms with Crippen LogP contribution in [-0.4, -0.2) is 55.0 Å². The summed E-state index contributed by atoms with van der Waals surface area (Å²) in [4.78, 5) is 28.7. The zero-order valence-corrected chi connectivity index (χ0v) is 20.4. The van der Waals surface area contributed by atoms with Crippen molar-refractivity contribution in [1.82, 2.24) is 9.62 Å². The molecule has 1 saturated carbocycles. The minimum atomic E-state index is -3.62. The Morgan fingerprint density at radius 3 is 2.34 bits per heavy atom. The van der Waals surface area contributed by atoms with E-state index in [-0.39, 0.29) is 36.7 Å². The Labute approximate surface area is 192 Å². The van der Waals surface area contributed by atoms with Gasteiger partial charge >= 0.3 is 0 Å². The van der Waals surface area contributed by atoms with Gasteiger partial charge in [0.05, 0.1) is 12.3 Å². The number of nitrogens with zero attached hydrogens (tertiary/aromatic N) is 2. The molecule has 3 rings (SSSR count). The topological polar surface area (TPSA) is 86.8 Å². The van der Waals surface area contributed by atoms with Crippen LogP contribution in [0.15, 0.2) is 24.3 Å². The van der Waals surface area contributed by atoms with Gasteiger partial charge in [0.1, 0.15) is 5.54 Å². The van der Waals surface area contributed by atoms with Gasteiger partial charge < -0.3 is 5.32 Å². The summed E-state index contributed by atoms with van der Waals surface area (Å²) >= 11 is 0. The number of anilines is 1. The Bertz CT molecular complexity index is 925. The number of benzene rings is 1. The third-order valence-corrected chi connectivity index (χ3v) is 8.61. The fraction of sp³-hybridized carbons (Fsp3) is 0.667. The van der Waals surface area contributed by atoms with Crippen molar-refractivity contribution in [2.75, 3.05) is 23.7 Å². The molecule has 1 N–H and O–H groups in total. The van der Waals surface area contributed by atoms with Crippen LogP contribution in [0.3, 0.4) is 0 Å². The lowest BCUT2D eigenvalue weighted by Crippen LogP contribution is -2.71. The first-order chi connectivity index (χ1) is 15.2. The normalized spacial score (nSPS) is 24.1. The van der Waals surface area contributed by atoms with Crippen LogP contribution in [0.4, 0.5) is 5.69 Å². The third kappa shape index (κ3) is 5.17. The predicted molar refractivity (Wildman–Crippen MR) is 127 cm³/mol. The summed E-state index contributed by atoms with van der Waals surface area (Å²) in [7, 11) is -3.62. The minimum Gasteiger partial charge on any atom is -0.351 e. The Balaban J connectivity index is 1.99. The van der Waals surface area contributed by atoms with Gasteiger partial charge in [-0.1, -0.05) is 57.2 Å². The van der Waals surface area contributed by atoms with Crippen LogP contribution < -0.4 is 10.2 Å². The Kier molecular flexibility index (Phi) is 7.98. The van der Waals surface area contributed by atoms with Gasteiger partial charge in [0, 0.05) is 18.3 Å². The molecule has 1 atom stereocenters. The molecular formula is C24H37N3O4S. The van der Waals surface area contributed by atoms with Crippen LogP contribution in [-0.2, 0) is 26.0 Å². The van der Waals surface area contributed by atoms with E-state index in [1.807, 2.05) is 31.2 Å². The molecule has 2 aliphatic rings. The van der Waals surface area contributed by atoms with Crippen LogP contribution in [0, 0.1) is 0 Å². The van der Waals surface area contributed by atoms with Gasteiger partial charge in [-0.3, -0.25) is 14.5 Å². The number of carbonyl (C=O) groups excluding carboxylic acids is 2. The van der Waals surface area contributed by atoms with E-state index in [9.17, 15) is 18.0 Å². The molecule has 8 heteroatoms. The van der Waals surface area contributed by atoms with Gasteiger partial charge in [-0.15, -0.1) is 0 Å². The summed E-state index contributed by atoms with van der Waals surface area (Å²) in [5.74, 6) is -0.755.